The van der Waals surface area contributed by atoms with Crippen LogP contribution in [-0.2, 0) is 6.54 Å². The summed E-state index contributed by atoms with van der Waals surface area (Å²) in [6.45, 7) is 4.34. The predicted octanol–water partition coefficient (Wildman–Crippen LogP) is 2.23. The second-order valence-corrected chi connectivity index (χ2v) is 6.60. The topological polar surface area (TPSA) is 61.3 Å². The molecule has 0 bridgehead atoms. The van der Waals surface area contributed by atoms with E-state index in [4.69, 9.17) is 0 Å². The molecule has 138 valence electrons. The van der Waals surface area contributed by atoms with Crippen LogP contribution in [0.2, 0.25) is 0 Å². The third kappa shape index (κ3) is 4.13. The van der Waals surface area contributed by atoms with Crippen LogP contribution in [0, 0.1) is 0 Å². The van der Waals surface area contributed by atoms with Gasteiger partial charge in [-0.25, -0.2) is 19.9 Å². The third-order valence-corrected chi connectivity index (χ3v) is 4.73. The van der Waals surface area contributed by atoms with E-state index in [1.54, 1.807) is 18.7 Å². The summed E-state index contributed by atoms with van der Waals surface area (Å²) in [6, 6.07) is 14.3. The molecule has 0 saturated carbocycles. The first-order valence-electron chi connectivity index (χ1n) is 9.13. The van der Waals surface area contributed by atoms with Crippen LogP contribution in [0.25, 0.3) is 0 Å². The van der Waals surface area contributed by atoms with Gasteiger partial charge in [-0.1, -0.05) is 30.3 Å². The van der Waals surface area contributed by atoms with Gasteiger partial charge in [-0.2, -0.15) is 0 Å². The molecule has 1 aromatic carbocycles. The summed E-state index contributed by atoms with van der Waals surface area (Å²) in [6.07, 6.45) is 5.22. The summed E-state index contributed by atoms with van der Waals surface area (Å²) in [5.41, 5.74) is 1.26. The van der Waals surface area contributed by atoms with Gasteiger partial charge in [0, 0.05) is 58.2 Å². The van der Waals surface area contributed by atoms with Crippen molar-refractivity contribution in [2.24, 2.45) is 0 Å². The smallest absolute Gasteiger partial charge is 0.225 e. The normalized spacial score (nSPS) is 14.3. The van der Waals surface area contributed by atoms with Crippen LogP contribution in [0.3, 0.4) is 0 Å². The van der Waals surface area contributed by atoms with Gasteiger partial charge in [0.05, 0.1) is 0 Å². The molecule has 0 unspecified atom stereocenters. The van der Waals surface area contributed by atoms with Crippen molar-refractivity contribution in [2.45, 2.75) is 6.54 Å². The second kappa shape index (κ2) is 7.99. The van der Waals surface area contributed by atoms with Crippen molar-refractivity contribution >= 4 is 17.6 Å². The number of aromatic nitrogens is 4. The molecule has 0 radical (unpaired) electrons. The lowest BCUT2D eigenvalue weighted by atomic mass is 10.2. The second-order valence-electron chi connectivity index (χ2n) is 6.60. The van der Waals surface area contributed by atoms with Crippen LogP contribution in [-0.4, -0.2) is 53.2 Å². The summed E-state index contributed by atoms with van der Waals surface area (Å²) in [7, 11) is 2.06. The van der Waals surface area contributed by atoms with Gasteiger partial charge >= 0.3 is 0 Å². The first kappa shape index (κ1) is 17.2. The molecule has 7 nitrogen and oxygen atoms in total. The molecular formula is C20H23N7. The number of piperazine rings is 1. The van der Waals surface area contributed by atoms with Crippen molar-refractivity contribution in [1.29, 1.82) is 0 Å². The average Bonchev–Trinajstić information content (AvgIpc) is 2.75. The molecule has 3 heterocycles. The molecule has 7 heteroatoms. The summed E-state index contributed by atoms with van der Waals surface area (Å²) in [5.74, 6) is 2.69. The molecule has 0 spiro atoms. The minimum absolute atomic E-state index is 0.795. The Kier molecular flexibility index (Phi) is 5.09. The standard InChI is InChI=1S/C20H23N7/c1-25(15-17-6-3-2-4-7-17)18-14-19(24-16-23-18)26-10-12-27(13-11-26)20-21-8-5-9-22-20/h2-9,14,16H,10-13,15H2,1H3. The highest BCUT2D eigenvalue weighted by molar-refractivity contribution is 5.51. The molecule has 0 aliphatic carbocycles. The third-order valence-electron chi connectivity index (χ3n) is 4.73. The van der Waals surface area contributed by atoms with Gasteiger partial charge in [-0.15, -0.1) is 0 Å². The maximum atomic E-state index is 4.49. The number of anilines is 3. The van der Waals surface area contributed by atoms with Crippen molar-refractivity contribution in [3.8, 4) is 0 Å². The highest BCUT2D eigenvalue weighted by Gasteiger charge is 2.20. The van der Waals surface area contributed by atoms with Crippen molar-refractivity contribution < 1.29 is 0 Å². The van der Waals surface area contributed by atoms with E-state index in [1.165, 1.54) is 5.56 Å². The molecule has 1 fully saturated rings. The Morgan fingerprint density at radius 3 is 2.30 bits per heavy atom. The molecule has 3 aromatic rings. The fourth-order valence-electron chi connectivity index (χ4n) is 3.25. The van der Waals surface area contributed by atoms with Gasteiger partial charge in [0.1, 0.15) is 18.0 Å². The summed E-state index contributed by atoms with van der Waals surface area (Å²) >= 11 is 0. The molecular weight excluding hydrogens is 338 g/mol. The summed E-state index contributed by atoms with van der Waals surface area (Å²) in [4.78, 5) is 24.3. The van der Waals surface area contributed by atoms with E-state index in [-0.39, 0.29) is 0 Å². The maximum Gasteiger partial charge on any atom is 0.225 e. The number of rotatable bonds is 5. The van der Waals surface area contributed by atoms with Gasteiger partial charge in [-0.3, -0.25) is 0 Å². The minimum atomic E-state index is 0.795. The summed E-state index contributed by atoms with van der Waals surface area (Å²) in [5, 5.41) is 0. The van der Waals surface area contributed by atoms with Crippen LogP contribution in [0.1, 0.15) is 5.56 Å². The molecule has 2 aromatic heterocycles. The molecule has 1 saturated heterocycles. The Labute approximate surface area is 159 Å². The van der Waals surface area contributed by atoms with E-state index >= 15 is 0 Å². The van der Waals surface area contributed by atoms with E-state index in [0.717, 1.165) is 50.3 Å². The lowest BCUT2D eigenvalue weighted by molar-refractivity contribution is 0.633. The highest BCUT2D eigenvalue weighted by atomic mass is 15.3. The number of hydrogen-bond donors (Lipinski definition) is 0. The predicted molar refractivity (Wildman–Crippen MR) is 107 cm³/mol. The average molecular weight is 361 g/mol. The Balaban J connectivity index is 1.41. The van der Waals surface area contributed by atoms with Crippen molar-refractivity contribution in [1.82, 2.24) is 19.9 Å². The van der Waals surface area contributed by atoms with E-state index in [1.807, 2.05) is 12.1 Å². The van der Waals surface area contributed by atoms with Gasteiger partial charge in [0.15, 0.2) is 0 Å². The van der Waals surface area contributed by atoms with Crippen molar-refractivity contribution in [3.05, 3.63) is 66.7 Å². The maximum absolute atomic E-state index is 4.49. The molecule has 1 aliphatic rings. The zero-order valence-electron chi connectivity index (χ0n) is 15.4. The molecule has 0 amide bonds. The van der Waals surface area contributed by atoms with Gasteiger partial charge in [0.2, 0.25) is 5.95 Å². The largest absolute Gasteiger partial charge is 0.355 e. The lowest BCUT2D eigenvalue weighted by Crippen LogP contribution is -2.47. The van der Waals surface area contributed by atoms with Crippen molar-refractivity contribution in [2.75, 3.05) is 47.9 Å². The zero-order valence-corrected chi connectivity index (χ0v) is 15.4. The van der Waals surface area contributed by atoms with Crippen LogP contribution in [0.5, 0.6) is 0 Å². The van der Waals surface area contributed by atoms with Gasteiger partial charge in [0.25, 0.3) is 0 Å². The zero-order chi connectivity index (χ0) is 18.5. The Morgan fingerprint density at radius 1 is 0.852 bits per heavy atom. The highest BCUT2D eigenvalue weighted by Crippen LogP contribution is 2.20. The fourth-order valence-corrected chi connectivity index (χ4v) is 3.25. The number of benzene rings is 1. The first-order chi connectivity index (χ1) is 13.3. The van der Waals surface area contributed by atoms with Crippen LogP contribution in [0.15, 0.2) is 61.2 Å². The molecule has 1 aliphatic heterocycles. The SMILES string of the molecule is CN(Cc1ccccc1)c1cc(N2CCN(c3ncccn3)CC2)ncn1. The molecule has 27 heavy (non-hydrogen) atoms. The van der Waals surface area contributed by atoms with Gasteiger partial charge in [-0.05, 0) is 11.6 Å². The quantitative estimate of drug-likeness (QED) is 0.690. The Morgan fingerprint density at radius 2 is 1.56 bits per heavy atom. The van der Waals surface area contributed by atoms with E-state index in [9.17, 15) is 0 Å². The molecule has 0 N–H and O–H groups in total. The van der Waals surface area contributed by atoms with Crippen LogP contribution in [0.4, 0.5) is 17.6 Å². The van der Waals surface area contributed by atoms with E-state index in [0.29, 0.717) is 0 Å². The van der Waals surface area contributed by atoms with E-state index < -0.39 is 0 Å². The monoisotopic (exact) mass is 361 g/mol. The molecule has 4 rings (SSSR count). The minimum Gasteiger partial charge on any atom is -0.355 e. The fraction of sp³-hybridized carbons (Fsp3) is 0.300. The van der Waals surface area contributed by atoms with E-state index in [2.05, 4.69) is 72.0 Å². The lowest BCUT2D eigenvalue weighted by Gasteiger charge is -2.35. The van der Waals surface area contributed by atoms with Crippen LogP contribution >= 0.6 is 0 Å². The Bertz CT molecular complexity index is 848. The summed E-state index contributed by atoms with van der Waals surface area (Å²) < 4.78 is 0. The van der Waals surface area contributed by atoms with Crippen molar-refractivity contribution in [3.63, 3.8) is 0 Å². The molecule has 0 atom stereocenters. The first-order valence-corrected chi connectivity index (χ1v) is 9.13. The van der Waals surface area contributed by atoms with Crippen LogP contribution < -0.4 is 14.7 Å². The number of nitrogens with zero attached hydrogens (tertiary/aromatic N) is 7. The van der Waals surface area contributed by atoms with Gasteiger partial charge < -0.3 is 14.7 Å². The number of hydrogen-bond acceptors (Lipinski definition) is 7. The Hall–Kier alpha value is -3.22.